The van der Waals surface area contributed by atoms with Crippen LogP contribution in [-0.4, -0.2) is 22.6 Å². The topological polar surface area (TPSA) is 61.1 Å². The molecule has 0 heterocycles. The van der Waals surface area contributed by atoms with Crippen molar-refractivity contribution in [1.29, 1.82) is 5.26 Å². The Hall–Kier alpha value is -0.690. The third kappa shape index (κ3) is 7.58. The van der Waals surface area contributed by atoms with E-state index in [0.29, 0.717) is 5.75 Å². The number of carboxylic acid groups (broad SMARTS) is 1. The van der Waals surface area contributed by atoms with Crippen molar-refractivity contribution in [3.63, 3.8) is 0 Å². The van der Waals surface area contributed by atoms with Crippen LogP contribution in [0.3, 0.4) is 0 Å². The lowest BCUT2D eigenvalue weighted by atomic mass is 9.89. The fourth-order valence-corrected chi connectivity index (χ4v) is 2.23. The van der Waals surface area contributed by atoms with Gasteiger partial charge in [0.05, 0.1) is 17.4 Å². The molecular formula is C12H21NO2S. The quantitative estimate of drug-likeness (QED) is 0.665. The number of nitrogens with zero attached hydrogens (tertiary/aromatic N) is 1. The van der Waals surface area contributed by atoms with Crippen molar-refractivity contribution in [3.05, 3.63) is 0 Å². The maximum absolute atomic E-state index is 10.5. The van der Waals surface area contributed by atoms with Crippen molar-refractivity contribution in [2.75, 3.05) is 11.5 Å². The van der Waals surface area contributed by atoms with Crippen LogP contribution >= 0.6 is 11.8 Å². The molecule has 0 aromatic heterocycles. The lowest BCUT2D eigenvalue weighted by molar-refractivity contribution is -0.140. The molecule has 0 saturated carbocycles. The van der Waals surface area contributed by atoms with Gasteiger partial charge >= 0.3 is 5.97 Å². The third-order valence-electron chi connectivity index (χ3n) is 2.43. The fourth-order valence-electron chi connectivity index (χ4n) is 1.16. The average molecular weight is 243 g/mol. The monoisotopic (exact) mass is 243 g/mol. The van der Waals surface area contributed by atoms with Crippen LogP contribution < -0.4 is 0 Å². The van der Waals surface area contributed by atoms with Gasteiger partial charge in [-0.2, -0.15) is 17.0 Å². The van der Waals surface area contributed by atoms with Gasteiger partial charge in [-0.1, -0.05) is 13.3 Å². The molecular weight excluding hydrogens is 222 g/mol. The number of hydrogen-bond donors (Lipinski definition) is 1. The molecule has 92 valence electrons. The maximum Gasteiger partial charge on any atom is 0.307 e. The Labute approximate surface area is 102 Å². The summed E-state index contributed by atoms with van der Waals surface area (Å²) in [4.78, 5) is 10.5. The summed E-state index contributed by atoms with van der Waals surface area (Å²) in [5, 5.41) is 17.5. The molecule has 1 N–H and O–H groups in total. The molecule has 0 fully saturated rings. The van der Waals surface area contributed by atoms with Crippen LogP contribution in [0.2, 0.25) is 0 Å². The van der Waals surface area contributed by atoms with Gasteiger partial charge in [0, 0.05) is 5.75 Å². The van der Waals surface area contributed by atoms with Crippen LogP contribution in [0.5, 0.6) is 0 Å². The van der Waals surface area contributed by atoms with Crippen LogP contribution in [0.25, 0.3) is 0 Å². The molecule has 0 radical (unpaired) electrons. The van der Waals surface area contributed by atoms with Gasteiger partial charge in [-0.15, -0.1) is 0 Å². The van der Waals surface area contributed by atoms with Gasteiger partial charge in [-0.25, -0.2) is 0 Å². The predicted octanol–water partition coefficient (Wildman–Crippen LogP) is 3.16. The molecule has 3 nitrogen and oxygen atoms in total. The Morgan fingerprint density at radius 2 is 2.12 bits per heavy atom. The van der Waals surface area contributed by atoms with Crippen LogP contribution in [0.1, 0.15) is 40.0 Å². The Balaban J connectivity index is 3.42. The molecule has 0 aromatic rings. The zero-order chi connectivity index (χ0) is 12.6. The average Bonchev–Trinajstić information content (AvgIpc) is 2.22. The number of carbonyl (C=O) groups is 1. The predicted molar refractivity (Wildman–Crippen MR) is 67.4 cm³/mol. The van der Waals surface area contributed by atoms with E-state index in [1.54, 1.807) is 18.7 Å². The van der Waals surface area contributed by atoms with E-state index >= 15 is 0 Å². The number of hydrogen-bond acceptors (Lipinski definition) is 3. The summed E-state index contributed by atoms with van der Waals surface area (Å²) < 4.78 is 0. The van der Waals surface area contributed by atoms with Crippen LogP contribution in [-0.2, 0) is 4.79 Å². The summed E-state index contributed by atoms with van der Waals surface area (Å²) in [7, 11) is 0. The molecule has 0 spiro atoms. The lowest BCUT2D eigenvalue weighted by Crippen LogP contribution is -2.12. The minimum absolute atomic E-state index is 0.223. The molecule has 0 amide bonds. The lowest BCUT2D eigenvalue weighted by Gasteiger charge is -2.14. The number of aliphatic carboxylic acids is 1. The molecule has 0 saturated heterocycles. The minimum atomic E-state index is -0.724. The highest BCUT2D eigenvalue weighted by Crippen LogP contribution is 2.22. The number of carboxylic acids is 1. The number of unbranched alkanes of at least 4 members (excludes halogenated alkanes) is 1. The van der Waals surface area contributed by atoms with Gasteiger partial charge < -0.3 is 5.11 Å². The highest BCUT2D eigenvalue weighted by atomic mass is 32.2. The summed E-state index contributed by atoms with van der Waals surface area (Å²) in [5.41, 5.74) is -0.223. The van der Waals surface area contributed by atoms with Gasteiger partial charge in [0.1, 0.15) is 0 Å². The molecule has 0 rings (SSSR count). The van der Waals surface area contributed by atoms with Crippen LogP contribution in [0.4, 0.5) is 0 Å². The Morgan fingerprint density at radius 1 is 1.50 bits per heavy atom. The molecule has 4 heteroatoms. The van der Waals surface area contributed by atoms with Gasteiger partial charge in [-0.3, -0.25) is 4.79 Å². The van der Waals surface area contributed by atoms with Crippen LogP contribution in [0, 0.1) is 22.7 Å². The normalized spacial score (nSPS) is 13.1. The second-order valence-corrected chi connectivity index (χ2v) is 5.92. The van der Waals surface area contributed by atoms with E-state index in [9.17, 15) is 4.79 Å². The van der Waals surface area contributed by atoms with Gasteiger partial charge in [0.15, 0.2) is 0 Å². The third-order valence-corrected chi connectivity index (χ3v) is 3.75. The van der Waals surface area contributed by atoms with Crippen molar-refractivity contribution in [2.45, 2.75) is 40.0 Å². The zero-order valence-electron chi connectivity index (χ0n) is 10.3. The van der Waals surface area contributed by atoms with E-state index in [1.165, 1.54) is 0 Å². The molecule has 16 heavy (non-hydrogen) atoms. The number of thioether (sulfide) groups is 1. The van der Waals surface area contributed by atoms with Crippen molar-refractivity contribution in [2.24, 2.45) is 11.3 Å². The minimum Gasteiger partial charge on any atom is -0.481 e. The molecule has 0 aromatic carbocycles. The van der Waals surface area contributed by atoms with Gasteiger partial charge in [-0.05, 0) is 32.4 Å². The Kier molecular flexibility index (Phi) is 7.24. The first-order chi connectivity index (χ1) is 7.39. The zero-order valence-corrected chi connectivity index (χ0v) is 11.1. The van der Waals surface area contributed by atoms with E-state index in [4.69, 9.17) is 10.4 Å². The van der Waals surface area contributed by atoms with E-state index in [0.717, 1.165) is 25.0 Å². The van der Waals surface area contributed by atoms with Crippen molar-refractivity contribution < 1.29 is 9.90 Å². The first kappa shape index (κ1) is 15.3. The SMILES string of the molecule is CC(CSCCCCC(C)(C)C#N)C(=O)O. The van der Waals surface area contributed by atoms with Crippen LogP contribution in [0.15, 0.2) is 0 Å². The van der Waals surface area contributed by atoms with Crippen molar-refractivity contribution in [3.8, 4) is 6.07 Å². The smallest absolute Gasteiger partial charge is 0.307 e. The summed E-state index contributed by atoms with van der Waals surface area (Å²) in [6.45, 7) is 5.63. The first-order valence-corrected chi connectivity index (χ1v) is 6.76. The second-order valence-electron chi connectivity index (χ2n) is 4.77. The second kappa shape index (κ2) is 7.56. The molecule has 1 unspecified atom stereocenters. The van der Waals surface area contributed by atoms with E-state index in [1.807, 2.05) is 13.8 Å². The highest BCUT2D eigenvalue weighted by Gasteiger charge is 2.15. The number of nitriles is 1. The van der Waals surface area contributed by atoms with Gasteiger partial charge in [0.25, 0.3) is 0 Å². The van der Waals surface area contributed by atoms with Crippen molar-refractivity contribution in [1.82, 2.24) is 0 Å². The Bertz CT molecular complexity index is 258. The van der Waals surface area contributed by atoms with E-state index in [2.05, 4.69) is 6.07 Å². The largest absolute Gasteiger partial charge is 0.481 e. The maximum atomic E-state index is 10.5. The van der Waals surface area contributed by atoms with E-state index < -0.39 is 5.97 Å². The molecule has 0 aliphatic rings. The summed E-state index contributed by atoms with van der Waals surface area (Å²) in [5.74, 6) is 0.675. The van der Waals surface area contributed by atoms with E-state index in [-0.39, 0.29) is 11.3 Å². The standard InChI is InChI=1S/C12H21NO2S/c1-10(11(14)15)8-16-7-5-4-6-12(2,3)9-13/h10H,4-8H2,1-3H3,(H,14,15). The Morgan fingerprint density at radius 3 is 2.62 bits per heavy atom. The molecule has 0 bridgehead atoms. The molecule has 0 aliphatic heterocycles. The van der Waals surface area contributed by atoms with Gasteiger partial charge in [0.2, 0.25) is 0 Å². The molecule has 0 aliphatic carbocycles. The molecule has 1 atom stereocenters. The summed E-state index contributed by atoms with van der Waals surface area (Å²) in [6, 6.07) is 2.28. The highest BCUT2D eigenvalue weighted by molar-refractivity contribution is 7.99. The number of rotatable bonds is 8. The fraction of sp³-hybridized carbons (Fsp3) is 0.833. The van der Waals surface area contributed by atoms with Crippen molar-refractivity contribution >= 4 is 17.7 Å². The summed E-state index contributed by atoms with van der Waals surface area (Å²) >= 11 is 1.68. The summed E-state index contributed by atoms with van der Waals surface area (Å²) in [6.07, 6.45) is 3.01. The first-order valence-electron chi connectivity index (χ1n) is 5.61.